The Bertz CT molecular complexity index is 703. The summed E-state index contributed by atoms with van der Waals surface area (Å²) in [5, 5.41) is 2.96. The zero-order chi connectivity index (χ0) is 11.3. The van der Waals surface area contributed by atoms with Crippen LogP contribution in [-0.2, 0) is 7.05 Å². The van der Waals surface area contributed by atoms with Crippen molar-refractivity contribution in [2.24, 2.45) is 7.05 Å². The van der Waals surface area contributed by atoms with Crippen molar-refractivity contribution in [3.05, 3.63) is 40.1 Å². The highest BCUT2D eigenvalue weighted by molar-refractivity contribution is 9.10. The molecule has 0 bridgehead atoms. The van der Waals surface area contributed by atoms with Gasteiger partial charge < -0.3 is 4.57 Å². The number of halogens is 2. The molecular weight excluding hydrogens is 288 g/mol. The molecule has 0 radical (unpaired) electrons. The van der Waals surface area contributed by atoms with Gasteiger partial charge in [0, 0.05) is 34.7 Å². The second-order valence-corrected chi connectivity index (χ2v) is 5.06. The number of aryl methyl sites for hydroxylation is 1. The van der Waals surface area contributed by atoms with E-state index in [0.717, 1.165) is 20.9 Å². The molecule has 0 unspecified atom stereocenters. The first-order valence-electron chi connectivity index (χ1n) is 4.85. The van der Waals surface area contributed by atoms with Crippen molar-refractivity contribution in [3.63, 3.8) is 0 Å². The standard InChI is InChI=1S/C12H8BrClN2/c1-16-11-4-7(13)2-3-8(11)9-5-15-6-10(14)12(9)16/h2-6H,1H3. The van der Waals surface area contributed by atoms with Crippen LogP contribution in [0.2, 0.25) is 5.02 Å². The number of pyridine rings is 1. The summed E-state index contributed by atoms with van der Waals surface area (Å²) >= 11 is 9.66. The van der Waals surface area contributed by atoms with Gasteiger partial charge in [-0.15, -0.1) is 0 Å². The highest BCUT2D eigenvalue weighted by Crippen LogP contribution is 2.32. The van der Waals surface area contributed by atoms with E-state index in [1.807, 2.05) is 19.3 Å². The monoisotopic (exact) mass is 294 g/mol. The van der Waals surface area contributed by atoms with Crippen molar-refractivity contribution in [2.45, 2.75) is 0 Å². The summed E-state index contributed by atoms with van der Waals surface area (Å²) in [7, 11) is 2.02. The maximum atomic E-state index is 6.18. The minimum absolute atomic E-state index is 0.687. The lowest BCUT2D eigenvalue weighted by Crippen LogP contribution is -1.87. The van der Waals surface area contributed by atoms with E-state index >= 15 is 0 Å². The topological polar surface area (TPSA) is 17.8 Å². The molecule has 0 saturated heterocycles. The van der Waals surface area contributed by atoms with E-state index in [0.29, 0.717) is 5.02 Å². The summed E-state index contributed by atoms with van der Waals surface area (Å²) in [6.07, 6.45) is 3.54. The number of hydrogen-bond acceptors (Lipinski definition) is 1. The second kappa shape index (κ2) is 3.47. The normalized spacial score (nSPS) is 11.4. The van der Waals surface area contributed by atoms with Crippen LogP contribution in [0.15, 0.2) is 35.1 Å². The van der Waals surface area contributed by atoms with Gasteiger partial charge in [-0.05, 0) is 12.1 Å². The van der Waals surface area contributed by atoms with Crippen LogP contribution < -0.4 is 0 Å². The molecular formula is C12H8BrClN2. The van der Waals surface area contributed by atoms with Gasteiger partial charge in [0.15, 0.2) is 0 Å². The summed E-state index contributed by atoms with van der Waals surface area (Å²) in [6, 6.07) is 6.20. The molecule has 0 aliphatic rings. The van der Waals surface area contributed by atoms with Gasteiger partial charge >= 0.3 is 0 Å². The van der Waals surface area contributed by atoms with Crippen LogP contribution in [0.5, 0.6) is 0 Å². The third-order valence-corrected chi connectivity index (χ3v) is 3.59. The average Bonchev–Trinajstić information content (AvgIpc) is 2.54. The minimum Gasteiger partial charge on any atom is -0.342 e. The smallest absolute Gasteiger partial charge is 0.0832 e. The fourth-order valence-electron chi connectivity index (χ4n) is 2.10. The van der Waals surface area contributed by atoms with Gasteiger partial charge in [0.1, 0.15) is 0 Å². The van der Waals surface area contributed by atoms with Gasteiger partial charge in [0.25, 0.3) is 0 Å². The predicted octanol–water partition coefficient (Wildman–Crippen LogP) is 4.14. The maximum absolute atomic E-state index is 6.18. The second-order valence-electron chi connectivity index (χ2n) is 3.74. The van der Waals surface area contributed by atoms with E-state index in [2.05, 4.69) is 37.6 Å². The van der Waals surface area contributed by atoms with Gasteiger partial charge in [0.05, 0.1) is 16.1 Å². The Kier molecular flexibility index (Phi) is 2.19. The van der Waals surface area contributed by atoms with E-state index in [-0.39, 0.29) is 0 Å². The summed E-state index contributed by atoms with van der Waals surface area (Å²) in [6.45, 7) is 0. The molecule has 0 N–H and O–H groups in total. The molecule has 2 aromatic heterocycles. The van der Waals surface area contributed by atoms with Crippen LogP contribution in [0.25, 0.3) is 21.8 Å². The number of nitrogens with zero attached hydrogens (tertiary/aromatic N) is 2. The largest absolute Gasteiger partial charge is 0.342 e. The van der Waals surface area contributed by atoms with Gasteiger partial charge in [-0.1, -0.05) is 33.6 Å². The third kappa shape index (κ3) is 1.28. The molecule has 3 aromatic rings. The van der Waals surface area contributed by atoms with Crippen LogP contribution >= 0.6 is 27.5 Å². The Morgan fingerprint density at radius 1 is 1.25 bits per heavy atom. The van der Waals surface area contributed by atoms with E-state index in [1.165, 1.54) is 5.39 Å². The lowest BCUT2D eigenvalue weighted by molar-refractivity contribution is 1.01. The summed E-state index contributed by atoms with van der Waals surface area (Å²) in [5.74, 6) is 0. The molecule has 80 valence electrons. The van der Waals surface area contributed by atoms with Crippen molar-refractivity contribution >= 4 is 49.3 Å². The maximum Gasteiger partial charge on any atom is 0.0832 e. The first-order chi connectivity index (χ1) is 7.68. The van der Waals surface area contributed by atoms with Gasteiger partial charge in [0.2, 0.25) is 0 Å². The Balaban J connectivity index is 2.64. The SMILES string of the molecule is Cn1c2cc(Br)ccc2c2cncc(Cl)c21. The molecule has 0 aliphatic heterocycles. The summed E-state index contributed by atoms with van der Waals surface area (Å²) < 4.78 is 3.16. The number of hydrogen-bond donors (Lipinski definition) is 0. The number of benzene rings is 1. The van der Waals surface area contributed by atoms with Gasteiger partial charge in [-0.25, -0.2) is 0 Å². The molecule has 0 fully saturated rings. The van der Waals surface area contributed by atoms with E-state index < -0.39 is 0 Å². The molecule has 1 aromatic carbocycles. The molecule has 2 heterocycles. The number of fused-ring (bicyclic) bond motifs is 3. The van der Waals surface area contributed by atoms with Crippen LogP contribution in [0, 0.1) is 0 Å². The Morgan fingerprint density at radius 2 is 2.06 bits per heavy atom. The first-order valence-corrected chi connectivity index (χ1v) is 6.03. The first kappa shape index (κ1) is 10.1. The molecule has 4 heteroatoms. The molecule has 2 nitrogen and oxygen atoms in total. The van der Waals surface area contributed by atoms with Crippen LogP contribution in [0.4, 0.5) is 0 Å². The quantitative estimate of drug-likeness (QED) is 0.609. The molecule has 0 aliphatic carbocycles. The average molecular weight is 296 g/mol. The van der Waals surface area contributed by atoms with Crippen molar-refractivity contribution in [1.82, 2.24) is 9.55 Å². The number of rotatable bonds is 0. The Labute approximate surface area is 106 Å². The van der Waals surface area contributed by atoms with Crippen LogP contribution in [-0.4, -0.2) is 9.55 Å². The highest BCUT2D eigenvalue weighted by atomic mass is 79.9. The molecule has 0 saturated carbocycles. The third-order valence-electron chi connectivity index (χ3n) is 2.82. The number of aromatic nitrogens is 2. The molecule has 0 atom stereocenters. The minimum atomic E-state index is 0.687. The van der Waals surface area contributed by atoms with Crippen molar-refractivity contribution in [1.29, 1.82) is 0 Å². The van der Waals surface area contributed by atoms with Gasteiger partial charge in [-0.3, -0.25) is 4.98 Å². The zero-order valence-corrected chi connectivity index (χ0v) is 10.9. The van der Waals surface area contributed by atoms with Gasteiger partial charge in [-0.2, -0.15) is 0 Å². The highest BCUT2D eigenvalue weighted by Gasteiger charge is 2.10. The molecule has 3 rings (SSSR count). The fraction of sp³-hybridized carbons (Fsp3) is 0.0833. The van der Waals surface area contributed by atoms with Crippen LogP contribution in [0.3, 0.4) is 0 Å². The van der Waals surface area contributed by atoms with Crippen molar-refractivity contribution < 1.29 is 0 Å². The summed E-state index contributed by atoms with van der Waals surface area (Å²) in [5.41, 5.74) is 2.18. The van der Waals surface area contributed by atoms with Crippen LogP contribution in [0.1, 0.15) is 0 Å². The molecule has 0 amide bonds. The molecule has 16 heavy (non-hydrogen) atoms. The zero-order valence-electron chi connectivity index (χ0n) is 8.54. The van der Waals surface area contributed by atoms with E-state index in [1.54, 1.807) is 6.20 Å². The Morgan fingerprint density at radius 3 is 2.88 bits per heavy atom. The van der Waals surface area contributed by atoms with Crippen molar-refractivity contribution in [2.75, 3.05) is 0 Å². The molecule has 0 spiro atoms. The lowest BCUT2D eigenvalue weighted by Gasteiger charge is -1.99. The van der Waals surface area contributed by atoms with E-state index in [9.17, 15) is 0 Å². The van der Waals surface area contributed by atoms with Crippen molar-refractivity contribution in [3.8, 4) is 0 Å². The fourth-order valence-corrected chi connectivity index (χ4v) is 2.73. The Hall–Kier alpha value is -1.06. The summed E-state index contributed by atoms with van der Waals surface area (Å²) in [4.78, 5) is 4.14. The van der Waals surface area contributed by atoms with E-state index in [4.69, 9.17) is 11.6 Å². The lowest BCUT2D eigenvalue weighted by atomic mass is 10.2. The predicted molar refractivity (Wildman–Crippen MR) is 70.9 cm³/mol.